The zero-order chi connectivity index (χ0) is 16.8. The van der Waals surface area contributed by atoms with Gasteiger partial charge in [0.05, 0.1) is 30.3 Å². The second kappa shape index (κ2) is 5.24. The molecule has 0 aliphatic carbocycles. The van der Waals surface area contributed by atoms with Crippen molar-refractivity contribution in [3.8, 4) is 11.3 Å². The highest BCUT2D eigenvalue weighted by Gasteiger charge is 2.24. The van der Waals surface area contributed by atoms with E-state index in [1.807, 2.05) is 30.4 Å². The van der Waals surface area contributed by atoms with Crippen LogP contribution in [-0.4, -0.2) is 34.9 Å². The van der Waals surface area contributed by atoms with Crippen molar-refractivity contribution in [3.63, 3.8) is 0 Å². The Labute approximate surface area is 141 Å². The maximum Gasteiger partial charge on any atom is 0.190 e. The van der Waals surface area contributed by atoms with E-state index in [1.54, 1.807) is 23.3 Å². The van der Waals surface area contributed by atoms with Crippen LogP contribution in [-0.2, 0) is 13.6 Å². The molecule has 25 heavy (non-hydrogen) atoms. The predicted octanol–water partition coefficient (Wildman–Crippen LogP) is 1.00. The van der Waals surface area contributed by atoms with Gasteiger partial charge in [-0.05, 0) is 12.1 Å². The van der Waals surface area contributed by atoms with Gasteiger partial charge >= 0.3 is 0 Å². The number of fused-ring (bicyclic) bond motifs is 2. The molecule has 0 aromatic carbocycles. The molecule has 0 radical (unpaired) electrons. The molecule has 0 amide bonds. The number of hydrazine groups is 2. The molecule has 4 aromatic rings. The third kappa shape index (κ3) is 2.27. The van der Waals surface area contributed by atoms with E-state index < -0.39 is 0 Å². The summed E-state index contributed by atoms with van der Waals surface area (Å²) in [5.41, 5.74) is 9.42. The molecule has 0 unspecified atom stereocenters. The largest absolute Gasteiger partial charge is 0.285 e. The van der Waals surface area contributed by atoms with Gasteiger partial charge in [-0.1, -0.05) is 0 Å². The molecule has 0 spiro atoms. The third-order valence-electron chi connectivity index (χ3n) is 4.04. The molecule has 10 nitrogen and oxygen atoms in total. The average Bonchev–Trinajstić information content (AvgIpc) is 3.35. The van der Waals surface area contributed by atoms with Crippen LogP contribution < -0.4 is 16.0 Å². The van der Waals surface area contributed by atoms with Crippen molar-refractivity contribution in [1.82, 2.24) is 40.5 Å². The fourth-order valence-electron chi connectivity index (χ4n) is 2.82. The summed E-state index contributed by atoms with van der Waals surface area (Å²) < 4.78 is 1.74. The molecule has 0 saturated heterocycles. The summed E-state index contributed by atoms with van der Waals surface area (Å²) >= 11 is 0. The molecule has 0 atom stereocenters. The molecule has 0 bridgehead atoms. The van der Waals surface area contributed by atoms with Gasteiger partial charge in [-0.25, -0.2) is 15.0 Å². The Hall–Kier alpha value is -3.53. The first-order chi connectivity index (χ1) is 12.3. The number of anilines is 2. The zero-order valence-electron chi connectivity index (χ0n) is 13.3. The van der Waals surface area contributed by atoms with E-state index in [0.717, 1.165) is 22.3 Å². The Morgan fingerprint density at radius 2 is 2.16 bits per heavy atom. The second-order valence-corrected chi connectivity index (χ2v) is 5.73. The number of pyridine rings is 1. The Kier molecular flexibility index (Phi) is 2.91. The van der Waals surface area contributed by atoms with Crippen LogP contribution in [0.3, 0.4) is 0 Å². The van der Waals surface area contributed by atoms with Crippen LogP contribution >= 0.6 is 0 Å². The van der Waals surface area contributed by atoms with Crippen LogP contribution in [0.25, 0.3) is 22.3 Å². The lowest BCUT2D eigenvalue weighted by Crippen LogP contribution is -2.35. The van der Waals surface area contributed by atoms with Gasteiger partial charge in [0, 0.05) is 30.4 Å². The van der Waals surface area contributed by atoms with Crippen molar-refractivity contribution in [2.75, 3.05) is 10.4 Å². The molecule has 4 aromatic heterocycles. The van der Waals surface area contributed by atoms with E-state index in [2.05, 4.69) is 36.2 Å². The fraction of sp³-hybridized carbons (Fsp3) is 0.133. The van der Waals surface area contributed by atoms with Crippen LogP contribution in [0.4, 0.5) is 11.6 Å². The van der Waals surface area contributed by atoms with E-state index in [1.165, 1.54) is 0 Å². The summed E-state index contributed by atoms with van der Waals surface area (Å²) in [7, 11) is 1.87. The van der Waals surface area contributed by atoms with Gasteiger partial charge in [0.25, 0.3) is 0 Å². The monoisotopic (exact) mass is 334 g/mol. The maximum absolute atomic E-state index is 4.71. The smallest absolute Gasteiger partial charge is 0.190 e. The van der Waals surface area contributed by atoms with E-state index >= 15 is 0 Å². The number of aromatic amines is 1. The molecule has 0 saturated carbocycles. The highest BCUT2D eigenvalue weighted by atomic mass is 15.7. The van der Waals surface area contributed by atoms with Crippen LogP contribution in [0.15, 0.2) is 36.9 Å². The zero-order valence-corrected chi connectivity index (χ0v) is 13.3. The highest BCUT2D eigenvalue weighted by Crippen LogP contribution is 2.29. The number of aromatic nitrogens is 7. The minimum atomic E-state index is 0.535. The molecular weight excluding hydrogens is 320 g/mol. The van der Waals surface area contributed by atoms with Gasteiger partial charge in [-0.3, -0.25) is 20.2 Å². The normalized spacial score (nSPS) is 13.2. The van der Waals surface area contributed by atoms with Gasteiger partial charge in [0.1, 0.15) is 0 Å². The minimum Gasteiger partial charge on any atom is -0.285 e. The van der Waals surface area contributed by atoms with E-state index in [0.29, 0.717) is 23.8 Å². The number of H-pyrrole nitrogens is 1. The Morgan fingerprint density at radius 3 is 3.04 bits per heavy atom. The van der Waals surface area contributed by atoms with Crippen molar-refractivity contribution >= 4 is 22.7 Å². The van der Waals surface area contributed by atoms with Crippen molar-refractivity contribution in [2.24, 2.45) is 7.05 Å². The number of nitrogens with zero attached hydrogens (tertiary/aromatic N) is 7. The molecule has 3 N–H and O–H groups in total. The molecule has 5 rings (SSSR count). The first kappa shape index (κ1) is 13.9. The molecule has 1 aliphatic heterocycles. The van der Waals surface area contributed by atoms with Crippen LogP contribution in [0.2, 0.25) is 0 Å². The number of rotatable bonds is 3. The van der Waals surface area contributed by atoms with Crippen LogP contribution in [0.1, 0.15) is 5.69 Å². The van der Waals surface area contributed by atoms with E-state index in [4.69, 9.17) is 4.98 Å². The Morgan fingerprint density at radius 1 is 1.20 bits per heavy atom. The molecule has 5 heterocycles. The van der Waals surface area contributed by atoms with Gasteiger partial charge in [-0.15, -0.1) is 5.53 Å². The van der Waals surface area contributed by atoms with Crippen LogP contribution in [0, 0.1) is 0 Å². The summed E-state index contributed by atoms with van der Waals surface area (Å²) in [5.74, 6) is 1.39. The fourth-order valence-corrected chi connectivity index (χ4v) is 2.82. The first-order valence-electron chi connectivity index (χ1n) is 7.71. The Bertz CT molecular complexity index is 1070. The van der Waals surface area contributed by atoms with Crippen molar-refractivity contribution in [2.45, 2.75) is 6.54 Å². The molecule has 1 aliphatic rings. The Balaban J connectivity index is 1.50. The number of nitrogens with one attached hydrogen (secondary N) is 3. The van der Waals surface area contributed by atoms with Crippen molar-refractivity contribution in [1.29, 1.82) is 0 Å². The SMILES string of the molecule is Cn1cc(-c2cnc3c(n2)N(Cc2[nH]nc4ncccc24)NN3)cn1. The summed E-state index contributed by atoms with van der Waals surface area (Å²) in [6.45, 7) is 0.535. The van der Waals surface area contributed by atoms with Gasteiger partial charge in [0.2, 0.25) is 0 Å². The second-order valence-electron chi connectivity index (χ2n) is 5.73. The highest BCUT2D eigenvalue weighted by molar-refractivity contribution is 5.78. The summed E-state index contributed by atoms with van der Waals surface area (Å²) in [5, 5.41) is 14.3. The maximum atomic E-state index is 4.71. The summed E-state index contributed by atoms with van der Waals surface area (Å²) in [4.78, 5) is 13.4. The molecular formula is C15H14N10. The topological polar surface area (TPSA) is 112 Å². The van der Waals surface area contributed by atoms with Gasteiger partial charge in [-0.2, -0.15) is 10.2 Å². The molecule has 0 fully saturated rings. The van der Waals surface area contributed by atoms with E-state index in [9.17, 15) is 0 Å². The predicted molar refractivity (Wildman–Crippen MR) is 91.1 cm³/mol. The lowest BCUT2D eigenvalue weighted by molar-refractivity contribution is 0.705. The number of hydrogen-bond donors (Lipinski definition) is 3. The average molecular weight is 334 g/mol. The summed E-state index contributed by atoms with van der Waals surface area (Å²) in [6, 6.07) is 3.88. The molecule has 124 valence electrons. The number of aryl methyl sites for hydroxylation is 1. The van der Waals surface area contributed by atoms with Crippen molar-refractivity contribution in [3.05, 3.63) is 42.6 Å². The minimum absolute atomic E-state index is 0.535. The lowest BCUT2D eigenvalue weighted by Gasteiger charge is -2.15. The summed E-state index contributed by atoms with van der Waals surface area (Å²) in [6.07, 6.45) is 7.13. The third-order valence-corrected chi connectivity index (χ3v) is 4.04. The number of hydrogen-bond acceptors (Lipinski definition) is 8. The molecule has 10 heteroatoms. The van der Waals surface area contributed by atoms with Crippen molar-refractivity contribution < 1.29 is 0 Å². The quantitative estimate of drug-likeness (QED) is 0.509. The van der Waals surface area contributed by atoms with E-state index in [-0.39, 0.29) is 0 Å². The standard InChI is InChI=1S/C15H14N10/c1-24-7-9(5-18-24)11-6-17-14-15(19-11)25(23-22-14)8-12-10-3-2-4-16-13(10)21-20-12/h2-7,23H,8H2,1H3,(H,17,22)(H,16,20,21). The van der Waals surface area contributed by atoms with Gasteiger partial charge in [0.15, 0.2) is 17.3 Å². The first-order valence-corrected chi connectivity index (χ1v) is 7.71. The lowest BCUT2D eigenvalue weighted by atomic mass is 10.2. The van der Waals surface area contributed by atoms with Gasteiger partial charge < -0.3 is 0 Å². The van der Waals surface area contributed by atoms with Crippen LogP contribution in [0.5, 0.6) is 0 Å².